The number of benzene rings is 1. The van der Waals surface area contributed by atoms with E-state index >= 15 is 0 Å². The molecule has 1 spiro atoms. The Hall–Kier alpha value is -2.04. The predicted molar refractivity (Wildman–Crippen MR) is 122 cm³/mol. The lowest BCUT2D eigenvalue weighted by Crippen LogP contribution is -2.45. The number of rotatable bonds is 3. The Morgan fingerprint density at radius 2 is 1.67 bits per heavy atom. The number of aryl methyl sites for hydroxylation is 1. The Morgan fingerprint density at radius 3 is 2.24 bits per heavy atom. The summed E-state index contributed by atoms with van der Waals surface area (Å²) in [5.74, 6) is -2.67. The maximum Gasteiger partial charge on any atom is 0.265 e. The lowest BCUT2D eigenvalue weighted by molar-refractivity contribution is 0.0558. The zero-order valence-corrected chi connectivity index (χ0v) is 20.5. The highest BCUT2D eigenvalue weighted by atomic mass is 35.5. The van der Waals surface area contributed by atoms with E-state index < -0.39 is 32.9 Å². The van der Waals surface area contributed by atoms with Crippen molar-refractivity contribution in [3.05, 3.63) is 50.2 Å². The summed E-state index contributed by atoms with van der Waals surface area (Å²) in [6, 6.07) is 2.40. The van der Waals surface area contributed by atoms with E-state index in [2.05, 4.69) is 0 Å². The van der Waals surface area contributed by atoms with E-state index in [-0.39, 0.29) is 31.7 Å². The molecule has 1 aromatic heterocycles. The Balaban J connectivity index is 1.44. The molecular weight excluding hydrogens is 494 g/mol. The van der Waals surface area contributed by atoms with Crippen LogP contribution in [0.5, 0.6) is 0 Å². The van der Waals surface area contributed by atoms with E-state index in [4.69, 9.17) is 11.6 Å². The van der Waals surface area contributed by atoms with Crippen molar-refractivity contribution in [3.8, 4) is 0 Å². The van der Waals surface area contributed by atoms with E-state index in [1.165, 1.54) is 23.3 Å². The van der Waals surface area contributed by atoms with Gasteiger partial charge in [0.1, 0.15) is 22.1 Å². The number of thiophene rings is 1. The molecule has 2 amide bonds. The normalized spacial score (nSPS) is 18.2. The third-order valence-electron chi connectivity index (χ3n) is 6.63. The first-order chi connectivity index (χ1) is 15.4. The molecule has 0 N–H and O–H groups in total. The molecule has 0 aliphatic carbocycles. The summed E-state index contributed by atoms with van der Waals surface area (Å²) < 4.78 is 52.2. The van der Waals surface area contributed by atoms with Gasteiger partial charge in [-0.1, -0.05) is 17.7 Å². The summed E-state index contributed by atoms with van der Waals surface area (Å²) in [5.41, 5.74) is -0.507. The molecule has 0 unspecified atom stereocenters. The van der Waals surface area contributed by atoms with Crippen molar-refractivity contribution in [1.29, 1.82) is 0 Å². The second-order valence-corrected chi connectivity index (χ2v) is 12.1. The molecular formula is C22H23ClF2N2O4S2. The topological polar surface area (TPSA) is 74.8 Å². The van der Waals surface area contributed by atoms with Gasteiger partial charge in [0.05, 0.1) is 9.92 Å². The van der Waals surface area contributed by atoms with Crippen LogP contribution in [0.2, 0.25) is 5.02 Å². The van der Waals surface area contributed by atoms with Crippen molar-refractivity contribution in [2.24, 2.45) is 5.41 Å². The van der Waals surface area contributed by atoms with Crippen molar-refractivity contribution in [2.45, 2.75) is 31.1 Å². The molecule has 2 aromatic rings. The van der Waals surface area contributed by atoms with E-state index in [0.29, 0.717) is 39.0 Å². The number of sulfone groups is 1. The average Bonchev–Trinajstić information content (AvgIpc) is 3.35. The Morgan fingerprint density at radius 1 is 1.06 bits per heavy atom. The number of nitrogens with zero attached hydrogens (tertiary/aromatic N) is 2. The summed E-state index contributed by atoms with van der Waals surface area (Å²) >= 11 is 7.20. The Labute approximate surface area is 200 Å². The molecule has 1 aromatic carbocycles. The maximum atomic E-state index is 14.4. The summed E-state index contributed by atoms with van der Waals surface area (Å²) in [5, 5.41) is 1.33. The predicted octanol–water partition coefficient (Wildman–Crippen LogP) is 4.16. The maximum absolute atomic E-state index is 14.4. The SMILES string of the molecule is Cc1ccc(F)c(C(=O)N2CCC3(CCN(C(=O)c4scc(S(C)(=O)=O)c4Cl)C3)CC2)c1F. The fourth-order valence-electron chi connectivity index (χ4n) is 4.58. The minimum atomic E-state index is -3.53. The average molecular weight is 517 g/mol. The zero-order chi connectivity index (χ0) is 24.1. The molecule has 0 saturated carbocycles. The Kier molecular flexibility index (Phi) is 6.30. The van der Waals surface area contributed by atoms with Gasteiger partial charge in [0, 0.05) is 37.8 Å². The second-order valence-electron chi connectivity index (χ2n) is 8.84. The third-order valence-corrected chi connectivity index (χ3v) is 9.48. The van der Waals surface area contributed by atoms with Crippen molar-refractivity contribution in [2.75, 3.05) is 32.4 Å². The highest BCUT2D eigenvalue weighted by molar-refractivity contribution is 7.91. The van der Waals surface area contributed by atoms with Crippen molar-refractivity contribution in [1.82, 2.24) is 9.80 Å². The molecule has 11 heteroatoms. The van der Waals surface area contributed by atoms with Crippen molar-refractivity contribution < 1.29 is 26.8 Å². The minimum Gasteiger partial charge on any atom is -0.338 e. The van der Waals surface area contributed by atoms with Crippen LogP contribution in [-0.4, -0.2) is 62.5 Å². The Bertz CT molecular complexity index is 1240. The molecule has 2 aliphatic heterocycles. The van der Waals surface area contributed by atoms with Gasteiger partial charge < -0.3 is 9.80 Å². The summed E-state index contributed by atoms with van der Waals surface area (Å²) in [7, 11) is -3.53. The highest BCUT2D eigenvalue weighted by Crippen LogP contribution is 2.42. The molecule has 2 fully saturated rings. The quantitative estimate of drug-likeness (QED) is 0.614. The number of halogens is 3. The summed E-state index contributed by atoms with van der Waals surface area (Å²) in [6.45, 7) is 3.12. The largest absolute Gasteiger partial charge is 0.338 e. The van der Waals surface area contributed by atoms with Gasteiger partial charge in [0.25, 0.3) is 11.8 Å². The van der Waals surface area contributed by atoms with Gasteiger partial charge in [0.2, 0.25) is 0 Å². The molecule has 3 heterocycles. The first-order valence-electron chi connectivity index (χ1n) is 10.4. The summed E-state index contributed by atoms with van der Waals surface area (Å²) in [4.78, 5) is 29.1. The van der Waals surface area contributed by atoms with Crippen molar-refractivity contribution >= 4 is 44.6 Å². The zero-order valence-electron chi connectivity index (χ0n) is 18.2. The second kappa shape index (κ2) is 8.63. The van der Waals surface area contributed by atoms with Gasteiger partial charge in [-0.3, -0.25) is 9.59 Å². The van der Waals surface area contributed by atoms with Gasteiger partial charge in [0.15, 0.2) is 9.84 Å². The first kappa shape index (κ1) is 24.1. The van der Waals surface area contributed by atoms with Crippen LogP contribution in [0.3, 0.4) is 0 Å². The molecule has 6 nitrogen and oxygen atoms in total. The van der Waals surface area contributed by atoms with Crippen LogP contribution < -0.4 is 0 Å². The molecule has 0 radical (unpaired) electrons. The number of carbonyl (C=O) groups is 2. The lowest BCUT2D eigenvalue weighted by Gasteiger charge is -2.39. The van der Waals surface area contributed by atoms with Crippen LogP contribution in [0.25, 0.3) is 0 Å². The van der Waals surface area contributed by atoms with Gasteiger partial charge >= 0.3 is 0 Å². The first-order valence-corrected chi connectivity index (χ1v) is 13.6. The van der Waals surface area contributed by atoms with E-state index in [0.717, 1.165) is 30.1 Å². The van der Waals surface area contributed by atoms with Crippen molar-refractivity contribution in [3.63, 3.8) is 0 Å². The fraction of sp³-hybridized carbons (Fsp3) is 0.455. The van der Waals surface area contributed by atoms with Crippen LogP contribution in [-0.2, 0) is 9.84 Å². The van der Waals surface area contributed by atoms with Gasteiger partial charge in [-0.25, -0.2) is 17.2 Å². The minimum absolute atomic E-state index is 0.0453. The molecule has 178 valence electrons. The lowest BCUT2D eigenvalue weighted by atomic mass is 9.77. The van der Waals surface area contributed by atoms with Crippen LogP contribution in [0, 0.1) is 24.0 Å². The van der Waals surface area contributed by atoms with Gasteiger partial charge in [-0.15, -0.1) is 11.3 Å². The molecule has 0 atom stereocenters. The van der Waals surface area contributed by atoms with Crippen LogP contribution in [0.4, 0.5) is 8.78 Å². The molecule has 0 bridgehead atoms. The van der Waals surface area contributed by atoms with Gasteiger partial charge in [-0.2, -0.15) is 0 Å². The number of amides is 2. The number of hydrogen-bond donors (Lipinski definition) is 0. The summed E-state index contributed by atoms with van der Waals surface area (Å²) in [6.07, 6.45) is 2.98. The van der Waals surface area contributed by atoms with E-state index in [9.17, 15) is 26.8 Å². The van der Waals surface area contributed by atoms with Gasteiger partial charge in [-0.05, 0) is 43.2 Å². The molecule has 33 heavy (non-hydrogen) atoms. The molecule has 2 aliphatic rings. The number of piperidine rings is 1. The monoisotopic (exact) mass is 516 g/mol. The number of hydrogen-bond acceptors (Lipinski definition) is 5. The highest BCUT2D eigenvalue weighted by Gasteiger charge is 2.44. The van der Waals surface area contributed by atoms with Crippen LogP contribution >= 0.6 is 22.9 Å². The number of carbonyl (C=O) groups excluding carboxylic acids is 2. The third kappa shape index (κ3) is 4.40. The van der Waals surface area contributed by atoms with Crippen LogP contribution in [0.1, 0.15) is 44.9 Å². The molecule has 4 rings (SSSR count). The molecule has 2 saturated heterocycles. The van der Waals surface area contributed by atoms with E-state index in [1.807, 2.05) is 0 Å². The fourth-order valence-corrected chi connectivity index (χ4v) is 7.45. The number of likely N-dealkylation sites (tertiary alicyclic amines) is 2. The van der Waals surface area contributed by atoms with Crippen LogP contribution in [0.15, 0.2) is 22.4 Å². The van der Waals surface area contributed by atoms with E-state index in [1.54, 1.807) is 4.90 Å². The standard InChI is InChI=1S/C22H23ClF2N2O4S2/c1-13-3-4-14(24)16(18(13)25)20(28)26-8-5-22(6-9-26)7-10-27(12-22)21(29)19-17(23)15(11-32-19)33(2,30)31/h3-4,11H,5-10,12H2,1-2H3. The smallest absolute Gasteiger partial charge is 0.265 e.